The molecule has 2 N–H and O–H groups in total. The Morgan fingerprint density at radius 1 is 1.23 bits per heavy atom. The van der Waals surface area contributed by atoms with E-state index in [9.17, 15) is 22.8 Å². The van der Waals surface area contributed by atoms with Crippen LogP contribution in [0.25, 0.3) is 0 Å². The average Bonchev–Trinajstić information content (AvgIpc) is 2.60. The number of pyridine rings is 1. The van der Waals surface area contributed by atoms with Crippen LogP contribution in [-0.2, 0) is 22.3 Å². The van der Waals surface area contributed by atoms with Gasteiger partial charge in [0.25, 0.3) is 5.91 Å². The van der Waals surface area contributed by atoms with E-state index in [1.165, 1.54) is 6.92 Å². The summed E-state index contributed by atoms with van der Waals surface area (Å²) in [6.07, 6.45) is -2.83. The van der Waals surface area contributed by atoms with Crippen molar-refractivity contribution in [1.29, 1.82) is 0 Å². The van der Waals surface area contributed by atoms with E-state index in [-0.39, 0.29) is 5.97 Å². The van der Waals surface area contributed by atoms with Gasteiger partial charge in [-0.1, -0.05) is 12.1 Å². The van der Waals surface area contributed by atoms with Gasteiger partial charge < -0.3 is 15.2 Å². The molecule has 1 amide bonds. The largest absolute Gasteiger partial charge is 0.497 e. The van der Waals surface area contributed by atoms with Crippen LogP contribution in [-0.4, -0.2) is 24.0 Å². The van der Waals surface area contributed by atoms with Gasteiger partial charge in [0.1, 0.15) is 12.4 Å². The van der Waals surface area contributed by atoms with Gasteiger partial charge in [-0.05, 0) is 23.8 Å². The predicted molar refractivity (Wildman–Crippen MR) is 86.2 cm³/mol. The maximum absolute atomic E-state index is 12.2. The minimum absolute atomic E-state index is 0.275. The van der Waals surface area contributed by atoms with Crippen LogP contribution < -0.4 is 10.5 Å². The lowest BCUT2D eigenvalue weighted by atomic mass is 10.1. The van der Waals surface area contributed by atoms with Crippen molar-refractivity contribution in [3.63, 3.8) is 0 Å². The summed E-state index contributed by atoms with van der Waals surface area (Å²) in [6, 6.07) is 8.13. The average molecular weight is 370 g/mol. The lowest BCUT2D eigenvalue weighted by Gasteiger charge is -2.08. The summed E-state index contributed by atoms with van der Waals surface area (Å²) in [4.78, 5) is 24.4. The molecule has 2 aromatic rings. The number of halogens is 3. The second-order valence-corrected chi connectivity index (χ2v) is 4.92. The highest BCUT2D eigenvalue weighted by Gasteiger charge is 2.34. The van der Waals surface area contributed by atoms with Crippen molar-refractivity contribution in [2.75, 3.05) is 7.11 Å². The smallest absolute Gasteiger partial charge is 0.417 e. The van der Waals surface area contributed by atoms with Crippen LogP contribution in [0.15, 0.2) is 42.7 Å². The predicted octanol–water partition coefficient (Wildman–Crippen LogP) is 2.96. The van der Waals surface area contributed by atoms with E-state index in [4.69, 9.17) is 15.2 Å². The molecule has 0 saturated heterocycles. The van der Waals surface area contributed by atoms with Gasteiger partial charge in [0.15, 0.2) is 0 Å². The van der Waals surface area contributed by atoms with Crippen LogP contribution in [0.2, 0.25) is 0 Å². The van der Waals surface area contributed by atoms with Crippen molar-refractivity contribution < 1.29 is 32.2 Å². The number of aromatic nitrogens is 1. The number of methoxy groups -OCH3 is 1. The van der Waals surface area contributed by atoms with Gasteiger partial charge in [0.05, 0.1) is 18.2 Å². The second kappa shape index (κ2) is 9.40. The molecule has 0 spiro atoms. The molecule has 1 aromatic carbocycles. The maximum Gasteiger partial charge on any atom is 0.417 e. The summed E-state index contributed by atoms with van der Waals surface area (Å²) in [7, 11) is 1.60. The fourth-order valence-electron chi connectivity index (χ4n) is 1.79. The third-order valence-electron chi connectivity index (χ3n) is 2.97. The Hall–Kier alpha value is -3.10. The summed E-state index contributed by atoms with van der Waals surface area (Å²) in [5.41, 5.74) is 3.98. The zero-order valence-electron chi connectivity index (χ0n) is 14.0. The van der Waals surface area contributed by atoms with Crippen molar-refractivity contribution >= 4 is 11.9 Å². The number of nitrogens with zero attached hydrogens (tertiary/aromatic N) is 1. The fourth-order valence-corrected chi connectivity index (χ4v) is 1.79. The normalized spacial score (nSPS) is 10.3. The van der Waals surface area contributed by atoms with E-state index < -0.39 is 23.2 Å². The molecule has 0 radical (unpaired) electrons. The molecule has 1 aromatic heterocycles. The summed E-state index contributed by atoms with van der Waals surface area (Å²) >= 11 is 0. The van der Waals surface area contributed by atoms with E-state index in [0.29, 0.717) is 12.7 Å². The second-order valence-electron chi connectivity index (χ2n) is 4.92. The fraction of sp³-hybridized carbons (Fsp3) is 0.235. The Balaban J connectivity index is 0.000000260. The molecule has 6 nitrogen and oxygen atoms in total. The number of carbonyl (C=O) groups is 2. The van der Waals surface area contributed by atoms with Gasteiger partial charge in [-0.15, -0.1) is 0 Å². The van der Waals surface area contributed by atoms with Gasteiger partial charge in [-0.2, -0.15) is 13.2 Å². The Morgan fingerprint density at radius 3 is 2.42 bits per heavy atom. The lowest BCUT2D eigenvalue weighted by Crippen LogP contribution is -2.18. The Kier molecular flexibility index (Phi) is 7.57. The number of amides is 1. The Labute approximate surface area is 147 Å². The molecule has 140 valence electrons. The van der Waals surface area contributed by atoms with Crippen LogP contribution in [0, 0.1) is 0 Å². The van der Waals surface area contributed by atoms with Gasteiger partial charge in [-0.25, -0.2) is 0 Å². The highest BCUT2D eigenvalue weighted by Crippen LogP contribution is 2.30. The van der Waals surface area contributed by atoms with Crippen molar-refractivity contribution in [1.82, 2.24) is 4.98 Å². The third-order valence-corrected chi connectivity index (χ3v) is 2.97. The number of alkyl halides is 3. The van der Waals surface area contributed by atoms with Crippen molar-refractivity contribution in [3.8, 4) is 5.75 Å². The maximum atomic E-state index is 12.2. The Bertz CT molecular complexity index is 764. The van der Waals surface area contributed by atoms with Gasteiger partial charge in [0, 0.05) is 19.3 Å². The molecule has 26 heavy (non-hydrogen) atoms. The summed E-state index contributed by atoms with van der Waals surface area (Å²) in [5.74, 6) is -0.645. The number of nitrogens with two attached hydrogens (primary N) is 1. The van der Waals surface area contributed by atoms with E-state index in [1.807, 2.05) is 24.3 Å². The zero-order valence-corrected chi connectivity index (χ0v) is 14.0. The standard InChI is InChI=1S/C10H12O3.C7H5F3N2O/c1-8(11)13-7-9-4-3-5-10(6-9)12-2;8-7(9,10)5-1-2-12-3-4(5)6(11)13/h3-6H,7H2,1-2H3;1-3H,(H2,11,13). The molecule has 1 heterocycles. The van der Waals surface area contributed by atoms with Crippen LogP contribution >= 0.6 is 0 Å². The first-order chi connectivity index (χ1) is 12.1. The highest BCUT2D eigenvalue weighted by atomic mass is 19.4. The molecule has 0 aliphatic rings. The first kappa shape index (κ1) is 20.9. The van der Waals surface area contributed by atoms with Gasteiger partial charge >= 0.3 is 12.1 Å². The monoisotopic (exact) mass is 370 g/mol. The number of hydrogen-bond donors (Lipinski definition) is 1. The molecular weight excluding hydrogens is 353 g/mol. The molecule has 2 rings (SSSR count). The number of ether oxygens (including phenoxy) is 2. The third kappa shape index (κ3) is 6.80. The van der Waals surface area contributed by atoms with Gasteiger partial charge in [-0.3, -0.25) is 14.6 Å². The lowest BCUT2D eigenvalue weighted by molar-refractivity contribution is -0.142. The number of benzene rings is 1. The van der Waals surface area contributed by atoms with Crippen LogP contribution in [0.5, 0.6) is 5.75 Å². The number of carbonyl (C=O) groups excluding carboxylic acids is 2. The minimum Gasteiger partial charge on any atom is -0.497 e. The van der Waals surface area contributed by atoms with Gasteiger partial charge in [0.2, 0.25) is 0 Å². The number of hydrogen-bond acceptors (Lipinski definition) is 5. The quantitative estimate of drug-likeness (QED) is 0.836. The molecule has 0 fully saturated rings. The SMILES string of the molecule is COc1cccc(COC(C)=O)c1.NC(=O)c1cnccc1C(F)(F)F. The van der Waals surface area contributed by atoms with E-state index in [1.54, 1.807) is 7.11 Å². The first-order valence-corrected chi connectivity index (χ1v) is 7.22. The van der Waals surface area contributed by atoms with Crippen LogP contribution in [0.3, 0.4) is 0 Å². The molecule has 0 aliphatic carbocycles. The topological polar surface area (TPSA) is 91.5 Å². The van der Waals surface area contributed by atoms with Crippen molar-refractivity contribution in [2.24, 2.45) is 5.73 Å². The molecule has 0 bridgehead atoms. The minimum atomic E-state index is -4.58. The summed E-state index contributed by atoms with van der Waals surface area (Å²) in [6.45, 7) is 1.69. The van der Waals surface area contributed by atoms with Crippen molar-refractivity contribution in [3.05, 3.63) is 59.4 Å². The van der Waals surface area contributed by atoms with Crippen molar-refractivity contribution in [2.45, 2.75) is 19.7 Å². The number of primary amides is 1. The molecule has 0 aliphatic heterocycles. The summed E-state index contributed by atoms with van der Waals surface area (Å²) in [5, 5.41) is 0. The number of rotatable bonds is 4. The van der Waals surface area contributed by atoms with E-state index in [2.05, 4.69) is 4.98 Å². The molecular formula is C17H17F3N2O4. The number of esters is 1. The van der Waals surface area contributed by atoms with Crippen LogP contribution in [0.4, 0.5) is 13.2 Å². The molecule has 9 heteroatoms. The zero-order chi connectivity index (χ0) is 19.7. The first-order valence-electron chi connectivity index (χ1n) is 7.22. The van der Waals surface area contributed by atoms with E-state index in [0.717, 1.165) is 23.7 Å². The van der Waals surface area contributed by atoms with E-state index >= 15 is 0 Å². The molecule has 0 unspecified atom stereocenters. The van der Waals surface area contributed by atoms with Crippen LogP contribution in [0.1, 0.15) is 28.4 Å². The summed E-state index contributed by atoms with van der Waals surface area (Å²) < 4.78 is 46.4. The Morgan fingerprint density at radius 2 is 1.92 bits per heavy atom. The molecule has 0 atom stereocenters. The molecule has 0 saturated carbocycles. The highest BCUT2D eigenvalue weighted by molar-refractivity contribution is 5.94.